The molecule has 1 aliphatic carbocycles. The van der Waals surface area contributed by atoms with E-state index < -0.39 is 0 Å². The molecule has 2 aromatic heterocycles. The van der Waals surface area contributed by atoms with Crippen molar-refractivity contribution in [3.05, 3.63) is 40.5 Å². The normalized spacial score (nSPS) is 15.1. The van der Waals surface area contributed by atoms with Crippen molar-refractivity contribution < 1.29 is 19.0 Å². The number of Topliss-reactive ketones (excluding diaryl/α,β-unsaturated/α-hetero) is 1. The summed E-state index contributed by atoms with van der Waals surface area (Å²) in [6.07, 6.45) is 4.76. The maximum Gasteiger partial charge on any atom is 0.226 e. The highest BCUT2D eigenvalue weighted by molar-refractivity contribution is 7.18. The summed E-state index contributed by atoms with van der Waals surface area (Å²) in [5.74, 6) is 1.64. The van der Waals surface area contributed by atoms with Crippen molar-refractivity contribution in [3.63, 3.8) is 0 Å². The summed E-state index contributed by atoms with van der Waals surface area (Å²) in [4.78, 5) is 23.5. The summed E-state index contributed by atoms with van der Waals surface area (Å²) < 4.78 is 16.8. The molecule has 5 rings (SSSR count). The van der Waals surface area contributed by atoms with Gasteiger partial charge in [0.05, 0.1) is 5.39 Å². The Bertz CT molecular complexity index is 1010. The van der Waals surface area contributed by atoms with Gasteiger partial charge in [0.25, 0.3) is 0 Å². The van der Waals surface area contributed by atoms with Crippen molar-refractivity contribution in [3.8, 4) is 17.4 Å². The third kappa shape index (κ3) is 2.59. The number of aromatic nitrogens is 2. The fourth-order valence-electron chi connectivity index (χ4n) is 3.44. The molecule has 3 heterocycles. The van der Waals surface area contributed by atoms with Crippen LogP contribution in [0.15, 0.2) is 24.5 Å². The first-order valence-electron chi connectivity index (χ1n) is 8.60. The van der Waals surface area contributed by atoms with Crippen molar-refractivity contribution in [2.45, 2.75) is 19.3 Å². The van der Waals surface area contributed by atoms with Crippen LogP contribution in [0.1, 0.15) is 27.2 Å². The van der Waals surface area contributed by atoms with E-state index in [1.807, 2.05) is 0 Å². The van der Waals surface area contributed by atoms with Gasteiger partial charge in [0, 0.05) is 10.4 Å². The summed E-state index contributed by atoms with van der Waals surface area (Å²) in [5, 5.41) is 0.972. The van der Waals surface area contributed by atoms with E-state index in [1.54, 1.807) is 29.5 Å². The van der Waals surface area contributed by atoms with E-state index in [9.17, 15) is 4.79 Å². The maximum atomic E-state index is 12.5. The molecule has 0 bridgehead atoms. The molecule has 7 heteroatoms. The Kier molecular flexibility index (Phi) is 3.74. The lowest BCUT2D eigenvalue weighted by atomic mass is 10.1. The molecule has 0 fully saturated rings. The summed E-state index contributed by atoms with van der Waals surface area (Å²) in [6, 6.07) is 5.20. The molecule has 26 heavy (non-hydrogen) atoms. The van der Waals surface area contributed by atoms with Gasteiger partial charge in [-0.2, -0.15) is 0 Å². The first-order valence-corrected chi connectivity index (χ1v) is 9.42. The Balaban J connectivity index is 1.38. The van der Waals surface area contributed by atoms with Crippen molar-refractivity contribution in [2.24, 2.45) is 0 Å². The van der Waals surface area contributed by atoms with E-state index in [0.717, 1.165) is 29.5 Å². The van der Waals surface area contributed by atoms with E-state index in [4.69, 9.17) is 14.2 Å². The van der Waals surface area contributed by atoms with Gasteiger partial charge in [0.15, 0.2) is 23.9 Å². The predicted molar refractivity (Wildman–Crippen MR) is 96.7 cm³/mol. The second kappa shape index (κ2) is 6.25. The third-order valence-corrected chi connectivity index (χ3v) is 5.87. The highest BCUT2D eigenvalue weighted by atomic mass is 32.1. The molecule has 1 aromatic carbocycles. The summed E-state index contributed by atoms with van der Waals surface area (Å²) >= 11 is 1.70. The minimum absolute atomic E-state index is 0.0730. The van der Waals surface area contributed by atoms with Gasteiger partial charge in [-0.25, -0.2) is 9.97 Å². The average Bonchev–Trinajstić information content (AvgIpc) is 3.26. The molecule has 0 spiro atoms. The lowest BCUT2D eigenvalue weighted by molar-refractivity contribution is 0.0918. The van der Waals surface area contributed by atoms with Gasteiger partial charge in [0.1, 0.15) is 24.4 Å². The largest absolute Gasteiger partial charge is 0.486 e. The number of carbonyl (C=O) groups excluding carboxylic acids is 1. The van der Waals surface area contributed by atoms with Crippen molar-refractivity contribution >= 4 is 27.3 Å². The molecule has 1 aliphatic heterocycles. The van der Waals surface area contributed by atoms with Crippen LogP contribution in [0, 0.1) is 0 Å². The number of rotatable bonds is 4. The summed E-state index contributed by atoms with van der Waals surface area (Å²) in [6.45, 7) is 0.942. The SMILES string of the molecule is O=C(COc1ncnc2sc3c(c12)CCC3)c1ccc2c(c1)OCCO2. The Morgan fingerprint density at radius 3 is 2.96 bits per heavy atom. The predicted octanol–water partition coefficient (Wildman–Crippen LogP) is 3.21. The van der Waals surface area contributed by atoms with Crippen LogP contribution in [0.5, 0.6) is 17.4 Å². The first-order chi connectivity index (χ1) is 12.8. The van der Waals surface area contributed by atoms with Crippen LogP contribution in [0.3, 0.4) is 0 Å². The second-order valence-corrected chi connectivity index (χ2v) is 7.37. The molecule has 2 aliphatic rings. The Morgan fingerprint density at radius 1 is 1.15 bits per heavy atom. The molecule has 0 unspecified atom stereocenters. The van der Waals surface area contributed by atoms with Crippen LogP contribution < -0.4 is 14.2 Å². The lowest BCUT2D eigenvalue weighted by Crippen LogP contribution is -2.17. The maximum absolute atomic E-state index is 12.5. The Labute approximate surface area is 153 Å². The standard InChI is InChI=1S/C19H16N2O4S/c22-13(11-4-5-14-15(8-11)24-7-6-23-14)9-25-18-17-12-2-1-3-16(12)26-19(17)21-10-20-18/h4-5,8,10H,1-3,6-7,9H2. The van der Waals surface area contributed by atoms with E-state index in [0.29, 0.717) is 36.2 Å². The number of carbonyl (C=O) groups is 1. The molecule has 3 aromatic rings. The monoisotopic (exact) mass is 368 g/mol. The number of nitrogens with zero attached hydrogens (tertiary/aromatic N) is 2. The van der Waals surface area contributed by atoms with Gasteiger partial charge >= 0.3 is 0 Å². The van der Waals surface area contributed by atoms with Crippen LogP contribution >= 0.6 is 11.3 Å². The summed E-state index contributed by atoms with van der Waals surface area (Å²) in [5.41, 5.74) is 1.82. The van der Waals surface area contributed by atoms with Gasteiger partial charge in [-0.1, -0.05) is 0 Å². The molecule has 0 atom stereocenters. The summed E-state index contributed by atoms with van der Waals surface area (Å²) in [7, 11) is 0. The van der Waals surface area contributed by atoms with Crippen LogP contribution in [0.2, 0.25) is 0 Å². The van der Waals surface area contributed by atoms with Crippen molar-refractivity contribution in [1.82, 2.24) is 9.97 Å². The quantitative estimate of drug-likeness (QED) is 0.659. The van der Waals surface area contributed by atoms with Gasteiger partial charge in [0.2, 0.25) is 5.88 Å². The van der Waals surface area contributed by atoms with Crippen LogP contribution in [0.25, 0.3) is 10.2 Å². The van der Waals surface area contributed by atoms with E-state index in [2.05, 4.69) is 9.97 Å². The van der Waals surface area contributed by atoms with Crippen molar-refractivity contribution in [2.75, 3.05) is 19.8 Å². The highest BCUT2D eigenvalue weighted by Crippen LogP contribution is 2.39. The van der Waals surface area contributed by atoms with Crippen molar-refractivity contribution in [1.29, 1.82) is 0 Å². The zero-order chi connectivity index (χ0) is 17.5. The Hall–Kier alpha value is -2.67. The minimum atomic E-state index is -0.124. The molecule has 0 saturated carbocycles. The highest BCUT2D eigenvalue weighted by Gasteiger charge is 2.22. The zero-order valence-corrected chi connectivity index (χ0v) is 14.8. The Morgan fingerprint density at radius 2 is 2.04 bits per heavy atom. The lowest BCUT2D eigenvalue weighted by Gasteiger charge is -2.18. The number of fused-ring (bicyclic) bond motifs is 4. The minimum Gasteiger partial charge on any atom is -0.486 e. The van der Waals surface area contributed by atoms with Crippen LogP contribution in [0.4, 0.5) is 0 Å². The molecule has 0 amide bonds. The van der Waals surface area contributed by atoms with Crippen LogP contribution in [-0.4, -0.2) is 35.6 Å². The smallest absolute Gasteiger partial charge is 0.226 e. The van der Waals surface area contributed by atoms with Gasteiger partial charge < -0.3 is 14.2 Å². The van der Waals surface area contributed by atoms with Gasteiger partial charge in [-0.15, -0.1) is 11.3 Å². The molecule has 6 nitrogen and oxygen atoms in total. The third-order valence-electron chi connectivity index (χ3n) is 4.67. The number of hydrogen-bond donors (Lipinski definition) is 0. The number of ketones is 1. The molecular weight excluding hydrogens is 352 g/mol. The van der Waals surface area contributed by atoms with E-state index >= 15 is 0 Å². The fourth-order valence-corrected chi connectivity index (χ4v) is 4.66. The zero-order valence-electron chi connectivity index (χ0n) is 14.0. The molecule has 0 radical (unpaired) electrons. The number of benzene rings is 1. The number of aryl methyl sites for hydroxylation is 2. The molecule has 0 saturated heterocycles. The van der Waals surface area contributed by atoms with E-state index in [1.165, 1.54) is 16.8 Å². The first kappa shape index (κ1) is 15.6. The molecule has 0 N–H and O–H groups in total. The number of ether oxygens (including phenoxy) is 3. The number of thiophene rings is 1. The second-order valence-electron chi connectivity index (χ2n) is 6.29. The van der Waals surface area contributed by atoms with Gasteiger partial charge in [-0.05, 0) is 43.0 Å². The van der Waals surface area contributed by atoms with Gasteiger partial charge in [-0.3, -0.25) is 4.79 Å². The topological polar surface area (TPSA) is 70.5 Å². The molecule has 132 valence electrons. The molecular formula is C19H16N2O4S. The van der Waals surface area contributed by atoms with Crippen LogP contribution in [-0.2, 0) is 12.8 Å². The number of hydrogen-bond acceptors (Lipinski definition) is 7. The fraction of sp³-hybridized carbons (Fsp3) is 0.316. The average molecular weight is 368 g/mol. The van der Waals surface area contributed by atoms with E-state index in [-0.39, 0.29) is 12.4 Å².